The largest absolute Gasteiger partial charge is 0.497 e. The molecule has 39 heavy (non-hydrogen) atoms. The number of aromatic nitrogens is 1. The molecule has 1 fully saturated rings. The molecule has 0 bridgehead atoms. The summed E-state index contributed by atoms with van der Waals surface area (Å²) >= 11 is 1.84. The van der Waals surface area contributed by atoms with Crippen molar-refractivity contribution in [2.45, 2.75) is 69.4 Å². The van der Waals surface area contributed by atoms with Gasteiger partial charge in [-0.25, -0.2) is 8.42 Å². The van der Waals surface area contributed by atoms with Gasteiger partial charge in [0.15, 0.2) is 0 Å². The fourth-order valence-corrected chi connectivity index (χ4v) is 9.61. The lowest BCUT2D eigenvalue weighted by atomic mass is 9.97. The first-order valence-corrected chi connectivity index (χ1v) is 16.1. The van der Waals surface area contributed by atoms with E-state index in [9.17, 15) is 13.2 Å². The van der Waals surface area contributed by atoms with Gasteiger partial charge in [0, 0.05) is 60.8 Å². The maximum Gasteiger partial charge on any atom is 0.243 e. The Balaban J connectivity index is 1.27. The molecular weight excluding hydrogens is 532 g/mol. The number of thioether (sulfide) groups is 1. The number of ether oxygens (including phenoxy) is 1. The molecule has 2 atom stereocenters. The van der Waals surface area contributed by atoms with Gasteiger partial charge in [0.05, 0.1) is 23.9 Å². The standard InChI is InChI=1S/C29H38N4O4S2/c1-21-16-26(37-3)17-22(2)29(21)39(35,36)33-14-5-4-6-24(33)7-8-25(19-34)31-15-11-27-28(18-31)38-20-32(27)23-9-12-30-13-10-23/h9-10,12-13,16-17,19,24-25H,4-8,11,14-15,18,20H2,1-3H3. The molecule has 1 saturated heterocycles. The Morgan fingerprint density at radius 1 is 1.15 bits per heavy atom. The predicted octanol–water partition coefficient (Wildman–Crippen LogP) is 4.73. The Bertz CT molecular complexity index is 1310. The van der Waals surface area contributed by atoms with E-state index >= 15 is 0 Å². The molecule has 10 heteroatoms. The van der Waals surface area contributed by atoms with Crippen molar-refractivity contribution < 1.29 is 17.9 Å². The second kappa shape index (κ2) is 12.0. The lowest BCUT2D eigenvalue weighted by Crippen LogP contribution is -2.46. The van der Waals surface area contributed by atoms with Crippen LogP contribution < -0.4 is 9.64 Å². The number of carbonyl (C=O) groups is 1. The van der Waals surface area contributed by atoms with E-state index in [0.717, 1.165) is 56.6 Å². The molecule has 3 aliphatic heterocycles. The molecule has 2 unspecified atom stereocenters. The zero-order valence-corrected chi connectivity index (χ0v) is 24.6. The van der Waals surface area contributed by atoms with E-state index in [4.69, 9.17) is 4.74 Å². The maximum absolute atomic E-state index is 13.9. The summed E-state index contributed by atoms with van der Waals surface area (Å²) < 4.78 is 34.9. The van der Waals surface area contributed by atoms with Gasteiger partial charge in [0.25, 0.3) is 0 Å². The summed E-state index contributed by atoms with van der Waals surface area (Å²) in [5, 5.41) is 0. The fourth-order valence-electron chi connectivity index (χ4n) is 6.25. The Kier molecular flexibility index (Phi) is 8.66. The zero-order valence-electron chi connectivity index (χ0n) is 23.0. The van der Waals surface area contributed by atoms with Crippen LogP contribution in [0.3, 0.4) is 0 Å². The van der Waals surface area contributed by atoms with Crippen LogP contribution in [-0.2, 0) is 14.8 Å². The van der Waals surface area contributed by atoms with Crippen LogP contribution in [0.15, 0.2) is 52.2 Å². The topological polar surface area (TPSA) is 83.0 Å². The molecule has 2 aromatic rings. The van der Waals surface area contributed by atoms with Crippen LogP contribution in [0.1, 0.15) is 49.7 Å². The highest BCUT2D eigenvalue weighted by Crippen LogP contribution is 2.40. The van der Waals surface area contributed by atoms with Crippen molar-refractivity contribution in [1.29, 1.82) is 0 Å². The monoisotopic (exact) mass is 570 g/mol. The lowest BCUT2D eigenvalue weighted by molar-refractivity contribution is -0.112. The number of piperidine rings is 1. The second-order valence-corrected chi connectivity index (χ2v) is 13.5. The quantitative estimate of drug-likeness (QED) is 0.401. The summed E-state index contributed by atoms with van der Waals surface area (Å²) in [4.78, 5) is 22.8. The number of aldehydes is 1. The summed E-state index contributed by atoms with van der Waals surface area (Å²) in [6, 6.07) is 7.33. The van der Waals surface area contributed by atoms with E-state index in [0.29, 0.717) is 41.2 Å². The number of sulfonamides is 1. The first-order valence-electron chi connectivity index (χ1n) is 13.7. The van der Waals surface area contributed by atoms with Crippen molar-refractivity contribution in [3.63, 3.8) is 0 Å². The van der Waals surface area contributed by atoms with Gasteiger partial charge in [0.2, 0.25) is 10.0 Å². The van der Waals surface area contributed by atoms with E-state index in [-0.39, 0.29) is 12.1 Å². The Morgan fingerprint density at radius 2 is 1.90 bits per heavy atom. The van der Waals surface area contributed by atoms with Gasteiger partial charge in [-0.1, -0.05) is 6.42 Å². The van der Waals surface area contributed by atoms with Gasteiger partial charge in [-0.05, 0) is 74.9 Å². The molecule has 4 heterocycles. The van der Waals surface area contributed by atoms with Crippen molar-refractivity contribution in [3.05, 3.63) is 58.4 Å². The highest BCUT2D eigenvalue weighted by molar-refractivity contribution is 8.03. The van der Waals surface area contributed by atoms with Crippen LogP contribution in [-0.4, -0.2) is 73.6 Å². The molecule has 0 N–H and O–H groups in total. The number of carbonyl (C=O) groups excluding carboxylic acids is 1. The summed E-state index contributed by atoms with van der Waals surface area (Å²) in [6.07, 6.45) is 9.62. The molecule has 0 spiro atoms. The third-order valence-corrected chi connectivity index (χ3v) is 11.6. The van der Waals surface area contributed by atoms with Gasteiger partial charge in [-0.2, -0.15) is 4.31 Å². The van der Waals surface area contributed by atoms with Crippen LogP contribution in [0.2, 0.25) is 0 Å². The minimum Gasteiger partial charge on any atom is -0.497 e. The van der Waals surface area contributed by atoms with Gasteiger partial charge in [-0.15, -0.1) is 11.8 Å². The summed E-state index contributed by atoms with van der Waals surface area (Å²) in [5.41, 5.74) is 3.91. The van der Waals surface area contributed by atoms with E-state index in [1.165, 1.54) is 10.6 Å². The molecule has 210 valence electrons. The van der Waals surface area contributed by atoms with Crippen molar-refractivity contribution in [2.24, 2.45) is 0 Å². The van der Waals surface area contributed by atoms with Crippen LogP contribution in [0.5, 0.6) is 5.75 Å². The molecule has 5 rings (SSSR count). The third-order valence-electron chi connectivity index (χ3n) is 8.20. The summed E-state index contributed by atoms with van der Waals surface area (Å²) in [5.74, 6) is 1.55. The number of pyridine rings is 1. The van der Waals surface area contributed by atoms with E-state index in [1.807, 2.05) is 50.1 Å². The van der Waals surface area contributed by atoms with E-state index in [2.05, 4.69) is 14.8 Å². The SMILES string of the molecule is COc1cc(C)c(S(=O)(=O)N2CCCCC2CCC(C=O)N2CCC3=C(C2)SCN3c2ccncc2)c(C)c1. The van der Waals surface area contributed by atoms with Crippen molar-refractivity contribution in [1.82, 2.24) is 14.2 Å². The number of nitrogens with zero attached hydrogens (tertiary/aromatic N) is 4. The van der Waals surface area contributed by atoms with Gasteiger partial charge in [0.1, 0.15) is 12.0 Å². The van der Waals surface area contributed by atoms with Crippen LogP contribution >= 0.6 is 11.8 Å². The fraction of sp³-hybridized carbons (Fsp3) is 0.517. The molecule has 0 radical (unpaired) electrons. The summed E-state index contributed by atoms with van der Waals surface area (Å²) in [7, 11) is -2.07. The number of rotatable bonds is 9. The lowest BCUT2D eigenvalue weighted by Gasteiger charge is -2.37. The van der Waals surface area contributed by atoms with Gasteiger partial charge in [-0.3, -0.25) is 9.88 Å². The predicted molar refractivity (Wildman–Crippen MR) is 155 cm³/mol. The Labute approximate surface area is 236 Å². The minimum absolute atomic E-state index is 0.102. The van der Waals surface area contributed by atoms with Crippen LogP contribution in [0, 0.1) is 13.8 Å². The first kappa shape index (κ1) is 28.1. The van der Waals surface area contributed by atoms with E-state index in [1.54, 1.807) is 23.5 Å². The molecule has 0 saturated carbocycles. The van der Waals surface area contributed by atoms with Gasteiger partial charge >= 0.3 is 0 Å². The number of hydrogen-bond donors (Lipinski definition) is 0. The maximum atomic E-state index is 13.9. The molecule has 0 aliphatic carbocycles. The van der Waals surface area contributed by atoms with Crippen LogP contribution in [0.4, 0.5) is 5.69 Å². The van der Waals surface area contributed by atoms with Crippen molar-refractivity contribution in [3.8, 4) is 5.75 Å². The van der Waals surface area contributed by atoms with E-state index < -0.39 is 10.0 Å². The highest BCUT2D eigenvalue weighted by Gasteiger charge is 2.37. The molecule has 3 aliphatic rings. The highest BCUT2D eigenvalue weighted by atomic mass is 32.2. The molecular formula is C29H38N4O4S2. The van der Waals surface area contributed by atoms with Crippen LogP contribution in [0.25, 0.3) is 0 Å². The first-order chi connectivity index (χ1) is 18.8. The molecule has 1 aromatic carbocycles. The van der Waals surface area contributed by atoms with Crippen molar-refractivity contribution in [2.75, 3.05) is 37.5 Å². The number of aryl methyl sites for hydroxylation is 2. The Morgan fingerprint density at radius 3 is 2.59 bits per heavy atom. The number of benzene rings is 1. The second-order valence-electron chi connectivity index (χ2n) is 10.6. The summed E-state index contributed by atoms with van der Waals surface area (Å²) in [6.45, 7) is 5.77. The third kappa shape index (κ3) is 5.75. The average molecular weight is 571 g/mol. The number of anilines is 1. The number of methoxy groups -OCH3 is 1. The normalized spacial score (nSPS) is 21.6. The van der Waals surface area contributed by atoms with Gasteiger partial charge < -0.3 is 14.4 Å². The minimum atomic E-state index is -3.67. The number of hydrogen-bond acceptors (Lipinski definition) is 8. The molecule has 1 aromatic heterocycles. The van der Waals surface area contributed by atoms with Crippen molar-refractivity contribution >= 4 is 33.8 Å². The molecule has 0 amide bonds. The smallest absolute Gasteiger partial charge is 0.243 e. The zero-order chi connectivity index (χ0) is 27.6. The Hall–Kier alpha value is -2.40. The molecule has 8 nitrogen and oxygen atoms in total. The average Bonchev–Trinajstić information content (AvgIpc) is 3.37.